The van der Waals surface area contributed by atoms with Crippen LogP contribution in [0.3, 0.4) is 0 Å². The van der Waals surface area contributed by atoms with E-state index in [2.05, 4.69) is 0 Å². The van der Waals surface area contributed by atoms with Crippen molar-refractivity contribution in [2.45, 2.75) is 18.7 Å². The van der Waals surface area contributed by atoms with Crippen molar-refractivity contribution >= 4 is 15.6 Å². The minimum Gasteiger partial charge on any atom is -0.507 e. The molecule has 0 saturated heterocycles. The average Bonchev–Trinajstić information content (AvgIpc) is 2.37. The van der Waals surface area contributed by atoms with Gasteiger partial charge >= 0.3 is 0 Å². The Kier molecular flexibility index (Phi) is 4.32. The minimum absolute atomic E-state index is 0.330. The Morgan fingerprint density at radius 2 is 1.77 bits per heavy atom. The molecule has 0 aromatic heterocycles. The Labute approximate surface area is 127 Å². The topological polar surface area (TPSA) is 54.4 Å². The molecule has 0 atom stereocenters. The van der Waals surface area contributed by atoms with Crippen molar-refractivity contribution < 1.29 is 22.3 Å². The van der Waals surface area contributed by atoms with E-state index in [9.17, 15) is 22.3 Å². The van der Waals surface area contributed by atoms with Crippen LogP contribution >= 0.6 is 0 Å². The van der Waals surface area contributed by atoms with E-state index < -0.39 is 32.1 Å². The Balaban J connectivity index is 2.50. The van der Waals surface area contributed by atoms with Crippen molar-refractivity contribution in [3.8, 4) is 0 Å². The average molecular weight is 324 g/mol. The molecule has 0 aliphatic heterocycles. The van der Waals surface area contributed by atoms with E-state index >= 15 is 0 Å². The van der Waals surface area contributed by atoms with Crippen molar-refractivity contribution in [3.63, 3.8) is 0 Å². The lowest BCUT2D eigenvalue weighted by molar-refractivity contribution is 0.511. The van der Waals surface area contributed by atoms with Gasteiger partial charge < -0.3 is 5.11 Å². The van der Waals surface area contributed by atoms with Gasteiger partial charge in [-0.2, -0.15) is 0 Å². The Bertz CT molecular complexity index is 856. The standard InChI is InChI=1S/C16H14F2O3S/c1-10-3-5-13(11(2)7-10)15(19)9-22(20,21)16-6-4-12(17)8-14(16)18/h3-9,19H,1-2H3. The molecule has 0 radical (unpaired) electrons. The van der Waals surface area contributed by atoms with Gasteiger partial charge in [0.2, 0.25) is 9.84 Å². The summed E-state index contributed by atoms with van der Waals surface area (Å²) in [7, 11) is -4.24. The first-order chi connectivity index (χ1) is 10.2. The monoisotopic (exact) mass is 324 g/mol. The lowest BCUT2D eigenvalue weighted by atomic mass is 10.1. The molecule has 6 heteroatoms. The maximum atomic E-state index is 13.6. The van der Waals surface area contributed by atoms with Crippen LogP contribution in [-0.4, -0.2) is 13.5 Å². The normalized spacial score (nSPS) is 12.5. The summed E-state index contributed by atoms with van der Waals surface area (Å²) in [5, 5.41) is 10.6. The molecule has 22 heavy (non-hydrogen) atoms. The number of aliphatic hydroxyl groups is 1. The molecule has 0 spiro atoms. The first kappa shape index (κ1) is 16.2. The van der Waals surface area contributed by atoms with Crippen LogP contribution in [-0.2, 0) is 9.84 Å². The van der Waals surface area contributed by atoms with Crippen molar-refractivity contribution in [1.82, 2.24) is 0 Å². The van der Waals surface area contributed by atoms with Gasteiger partial charge in [0.25, 0.3) is 0 Å². The lowest BCUT2D eigenvalue weighted by Crippen LogP contribution is -2.02. The third-order valence-electron chi connectivity index (χ3n) is 3.13. The zero-order valence-electron chi connectivity index (χ0n) is 12.0. The summed E-state index contributed by atoms with van der Waals surface area (Å²) in [6.45, 7) is 3.58. The number of sulfone groups is 1. The zero-order chi connectivity index (χ0) is 16.5. The summed E-state index contributed by atoms with van der Waals surface area (Å²) in [6, 6.07) is 7.23. The molecule has 0 saturated carbocycles. The number of aryl methyl sites for hydroxylation is 2. The third-order valence-corrected chi connectivity index (χ3v) is 4.60. The number of halogens is 2. The molecule has 0 aliphatic carbocycles. The summed E-state index contributed by atoms with van der Waals surface area (Å²) >= 11 is 0. The van der Waals surface area contributed by atoms with Gasteiger partial charge in [-0.25, -0.2) is 17.2 Å². The molecule has 0 unspecified atom stereocenters. The second-order valence-electron chi connectivity index (χ2n) is 4.94. The molecule has 2 aromatic rings. The van der Waals surface area contributed by atoms with E-state index in [1.807, 2.05) is 6.92 Å². The molecular weight excluding hydrogens is 310 g/mol. The van der Waals surface area contributed by atoms with E-state index in [0.717, 1.165) is 17.7 Å². The summed E-state index contributed by atoms with van der Waals surface area (Å²) in [5.74, 6) is -2.58. The summed E-state index contributed by atoms with van der Waals surface area (Å²) in [5.41, 5.74) is 1.97. The number of rotatable bonds is 3. The zero-order valence-corrected chi connectivity index (χ0v) is 12.8. The molecule has 0 fully saturated rings. The number of hydrogen-bond acceptors (Lipinski definition) is 3. The highest BCUT2D eigenvalue weighted by Gasteiger charge is 2.19. The molecule has 0 bridgehead atoms. The van der Waals surface area contributed by atoms with Gasteiger partial charge in [-0.05, 0) is 31.5 Å². The second-order valence-corrected chi connectivity index (χ2v) is 6.71. The van der Waals surface area contributed by atoms with Crippen LogP contribution in [0.15, 0.2) is 46.7 Å². The molecule has 0 amide bonds. The SMILES string of the molecule is Cc1ccc(C(O)=CS(=O)(=O)c2ccc(F)cc2F)c(C)c1. The van der Waals surface area contributed by atoms with Gasteiger partial charge in [0.15, 0.2) is 0 Å². The van der Waals surface area contributed by atoms with Crippen LogP contribution in [0.5, 0.6) is 0 Å². The fourth-order valence-electron chi connectivity index (χ4n) is 2.08. The number of aliphatic hydroxyl groups excluding tert-OH is 1. The van der Waals surface area contributed by atoms with Crippen LogP contribution in [0.2, 0.25) is 0 Å². The lowest BCUT2D eigenvalue weighted by Gasteiger charge is -2.07. The van der Waals surface area contributed by atoms with Gasteiger partial charge in [0, 0.05) is 11.6 Å². The molecule has 0 aliphatic rings. The predicted molar refractivity (Wildman–Crippen MR) is 80.1 cm³/mol. The first-order valence-corrected chi connectivity index (χ1v) is 7.94. The van der Waals surface area contributed by atoms with E-state index in [0.29, 0.717) is 22.6 Å². The van der Waals surface area contributed by atoms with E-state index in [4.69, 9.17) is 0 Å². The van der Waals surface area contributed by atoms with E-state index in [-0.39, 0.29) is 0 Å². The molecule has 2 rings (SSSR count). The van der Waals surface area contributed by atoms with Crippen molar-refractivity contribution in [2.24, 2.45) is 0 Å². The molecular formula is C16H14F2O3S. The van der Waals surface area contributed by atoms with Gasteiger partial charge in [-0.3, -0.25) is 0 Å². The van der Waals surface area contributed by atoms with Crippen LogP contribution in [0, 0.1) is 25.5 Å². The van der Waals surface area contributed by atoms with Crippen LogP contribution in [0.1, 0.15) is 16.7 Å². The van der Waals surface area contributed by atoms with Gasteiger partial charge in [0.1, 0.15) is 22.3 Å². The molecule has 116 valence electrons. The van der Waals surface area contributed by atoms with Crippen LogP contribution in [0.4, 0.5) is 8.78 Å². The Hall–Kier alpha value is -2.21. The smallest absolute Gasteiger partial charge is 0.206 e. The highest BCUT2D eigenvalue weighted by molar-refractivity contribution is 7.94. The minimum atomic E-state index is -4.24. The summed E-state index contributed by atoms with van der Waals surface area (Å²) in [6.07, 6.45) is 0. The fraction of sp³-hybridized carbons (Fsp3) is 0.125. The fourth-order valence-corrected chi connectivity index (χ4v) is 3.22. The molecule has 0 heterocycles. The maximum absolute atomic E-state index is 13.6. The molecule has 1 N–H and O–H groups in total. The maximum Gasteiger partial charge on any atom is 0.206 e. The van der Waals surface area contributed by atoms with Gasteiger partial charge in [-0.1, -0.05) is 23.8 Å². The van der Waals surface area contributed by atoms with Crippen LogP contribution in [0.25, 0.3) is 5.76 Å². The number of benzene rings is 2. The Morgan fingerprint density at radius 1 is 1.09 bits per heavy atom. The largest absolute Gasteiger partial charge is 0.507 e. The quantitative estimate of drug-likeness (QED) is 0.688. The Morgan fingerprint density at radius 3 is 2.36 bits per heavy atom. The molecule has 2 aromatic carbocycles. The van der Waals surface area contributed by atoms with Crippen molar-refractivity contribution in [2.75, 3.05) is 0 Å². The molecule has 3 nitrogen and oxygen atoms in total. The van der Waals surface area contributed by atoms with Gasteiger partial charge in [0.05, 0.1) is 5.41 Å². The highest BCUT2D eigenvalue weighted by atomic mass is 32.2. The first-order valence-electron chi connectivity index (χ1n) is 6.39. The summed E-state index contributed by atoms with van der Waals surface area (Å²) < 4.78 is 50.7. The predicted octanol–water partition coefficient (Wildman–Crippen LogP) is 3.91. The van der Waals surface area contributed by atoms with Crippen molar-refractivity contribution in [1.29, 1.82) is 0 Å². The van der Waals surface area contributed by atoms with Gasteiger partial charge in [-0.15, -0.1) is 0 Å². The van der Waals surface area contributed by atoms with E-state index in [1.165, 1.54) is 0 Å². The summed E-state index contributed by atoms with van der Waals surface area (Å²) in [4.78, 5) is -0.690. The van der Waals surface area contributed by atoms with Crippen LogP contribution < -0.4 is 0 Å². The van der Waals surface area contributed by atoms with Crippen molar-refractivity contribution in [3.05, 3.63) is 70.1 Å². The number of hydrogen-bond donors (Lipinski definition) is 1. The second kappa shape index (κ2) is 5.88. The third kappa shape index (κ3) is 3.33. The highest BCUT2D eigenvalue weighted by Crippen LogP contribution is 2.23. The van der Waals surface area contributed by atoms with E-state index in [1.54, 1.807) is 25.1 Å².